The Hall–Kier alpha value is -2.80. The Labute approximate surface area is 160 Å². The third-order valence-electron chi connectivity index (χ3n) is 4.23. The van der Waals surface area contributed by atoms with Crippen LogP contribution in [0.4, 0.5) is 4.39 Å². The highest BCUT2D eigenvalue weighted by atomic mass is 32.1. The molecule has 0 aliphatic carbocycles. The van der Waals surface area contributed by atoms with Gasteiger partial charge in [-0.25, -0.2) is 4.39 Å². The average Bonchev–Trinajstić information content (AvgIpc) is 3.22. The molecule has 5 nitrogen and oxygen atoms in total. The lowest BCUT2D eigenvalue weighted by molar-refractivity contribution is 0.292. The van der Waals surface area contributed by atoms with E-state index in [9.17, 15) is 4.39 Å². The average molecular weight is 382 g/mol. The molecule has 27 heavy (non-hydrogen) atoms. The molecule has 2 aromatic carbocycles. The van der Waals surface area contributed by atoms with Crippen LogP contribution in [-0.4, -0.2) is 19.8 Å². The summed E-state index contributed by atoms with van der Waals surface area (Å²) in [6.45, 7) is 6.79. The SMILES string of the molecule is CC(C)(C)c1ccc(-c2nn3c(COc4ccc(F)cc4)nnc3s2)cc1. The van der Waals surface area contributed by atoms with Gasteiger partial charge in [0.2, 0.25) is 4.96 Å². The Balaban J connectivity index is 1.55. The summed E-state index contributed by atoms with van der Waals surface area (Å²) in [5.74, 6) is 0.873. The zero-order valence-corrected chi connectivity index (χ0v) is 16.1. The number of halogens is 1. The molecule has 0 bridgehead atoms. The highest BCUT2D eigenvalue weighted by Crippen LogP contribution is 2.29. The molecular formula is C20H19FN4OS. The predicted molar refractivity (Wildman–Crippen MR) is 104 cm³/mol. The van der Waals surface area contributed by atoms with Crippen molar-refractivity contribution in [2.24, 2.45) is 0 Å². The molecule has 0 saturated heterocycles. The molecule has 0 unspecified atom stereocenters. The number of benzene rings is 2. The van der Waals surface area contributed by atoms with Gasteiger partial charge in [0, 0.05) is 5.56 Å². The largest absolute Gasteiger partial charge is 0.486 e. The first-order valence-electron chi connectivity index (χ1n) is 8.60. The van der Waals surface area contributed by atoms with Gasteiger partial charge in [0.1, 0.15) is 23.2 Å². The molecule has 0 atom stereocenters. The van der Waals surface area contributed by atoms with Gasteiger partial charge in [0.25, 0.3) is 0 Å². The first kappa shape index (κ1) is 17.6. The lowest BCUT2D eigenvalue weighted by atomic mass is 9.87. The van der Waals surface area contributed by atoms with Crippen molar-refractivity contribution in [2.45, 2.75) is 32.8 Å². The van der Waals surface area contributed by atoms with Crippen molar-refractivity contribution < 1.29 is 9.13 Å². The summed E-state index contributed by atoms with van der Waals surface area (Å²) >= 11 is 1.48. The van der Waals surface area contributed by atoms with Crippen LogP contribution >= 0.6 is 11.3 Å². The minimum Gasteiger partial charge on any atom is -0.486 e. The fraction of sp³-hybridized carbons (Fsp3) is 0.250. The third-order valence-corrected chi connectivity index (χ3v) is 5.18. The smallest absolute Gasteiger partial charge is 0.235 e. The summed E-state index contributed by atoms with van der Waals surface area (Å²) in [5, 5.41) is 13.8. The minimum absolute atomic E-state index is 0.116. The van der Waals surface area contributed by atoms with Gasteiger partial charge in [-0.2, -0.15) is 9.61 Å². The molecule has 2 heterocycles. The van der Waals surface area contributed by atoms with Gasteiger partial charge in [-0.1, -0.05) is 56.4 Å². The van der Waals surface area contributed by atoms with Crippen molar-refractivity contribution in [3.05, 3.63) is 65.7 Å². The topological polar surface area (TPSA) is 52.3 Å². The van der Waals surface area contributed by atoms with E-state index in [2.05, 4.69) is 60.3 Å². The minimum atomic E-state index is -0.297. The molecule has 0 N–H and O–H groups in total. The number of rotatable bonds is 4. The van der Waals surface area contributed by atoms with Gasteiger partial charge in [-0.05, 0) is 35.2 Å². The summed E-state index contributed by atoms with van der Waals surface area (Å²) in [6, 6.07) is 14.3. The van der Waals surface area contributed by atoms with Crippen molar-refractivity contribution in [3.63, 3.8) is 0 Å². The molecular weight excluding hydrogens is 363 g/mol. The molecule has 138 valence electrons. The fourth-order valence-corrected chi connectivity index (χ4v) is 3.52. The molecule has 0 aliphatic heterocycles. The maximum absolute atomic E-state index is 13.0. The van der Waals surface area contributed by atoms with Crippen LogP contribution in [0.5, 0.6) is 5.75 Å². The molecule has 4 rings (SSSR count). The van der Waals surface area contributed by atoms with Crippen LogP contribution in [0, 0.1) is 5.82 Å². The van der Waals surface area contributed by atoms with Crippen LogP contribution in [0.3, 0.4) is 0 Å². The third kappa shape index (κ3) is 3.68. The van der Waals surface area contributed by atoms with E-state index in [1.807, 2.05) is 0 Å². The van der Waals surface area contributed by atoms with Gasteiger partial charge >= 0.3 is 0 Å². The first-order chi connectivity index (χ1) is 12.9. The van der Waals surface area contributed by atoms with Crippen LogP contribution in [-0.2, 0) is 12.0 Å². The second kappa shape index (κ2) is 6.74. The van der Waals surface area contributed by atoms with E-state index in [-0.39, 0.29) is 17.8 Å². The Bertz CT molecular complexity index is 1060. The molecule has 0 radical (unpaired) electrons. The van der Waals surface area contributed by atoms with Crippen LogP contribution < -0.4 is 4.74 Å². The van der Waals surface area contributed by atoms with E-state index in [1.165, 1.54) is 29.0 Å². The lowest BCUT2D eigenvalue weighted by Crippen LogP contribution is -2.10. The number of fused-ring (bicyclic) bond motifs is 1. The Morgan fingerprint density at radius 2 is 1.70 bits per heavy atom. The zero-order chi connectivity index (χ0) is 19.0. The summed E-state index contributed by atoms with van der Waals surface area (Å²) in [7, 11) is 0. The maximum atomic E-state index is 13.0. The molecule has 0 amide bonds. The predicted octanol–water partition coefficient (Wildman–Crippen LogP) is 4.87. The molecule has 0 saturated carbocycles. The van der Waals surface area contributed by atoms with Crippen LogP contribution in [0.15, 0.2) is 48.5 Å². The summed E-state index contributed by atoms with van der Waals surface area (Å²) in [4.78, 5) is 0.711. The summed E-state index contributed by atoms with van der Waals surface area (Å²) in [6.07, 6.45) is 0. The fourth-order valence-electron chi connectivity index (χ4n) is 2.66. The van der Waals surface area contributed by atoms with Gasteiger partial charge in [-0.3, -0.25) is 0 Å². The van der Waals surface area contributed by atoms with Gasteiger partial charge < -0.3 is 4.74 Å². The lowest BCUT2D eigenvalue weighted by Gasteiger charge is -2.18. The van der Waals surface area contributed by atoms with E-state index < -0.39 is 0 Å². The van der Waals surface area contributed by atoms with Crippen molar-refractivity contribution >= 4 is 16.3 Å². The standard InChI is InChI=1S/C20H19FN4OS/c1-20(2,3)14-6-4-13(5-7-14)18-24-25-17(22-23-19(25)27-18)12-26-16-10-8-15(21)9-11-16/h4-11H,12H2,1-3H3. The molecule has 2 aromatic heterocycles. The van der Waals surface area contributed by atoms with E-state index in [0.29, 0.717) is 16.5 Å². The number of ether oxygens (including phenoxy) is 1. The van der Waals surface area contributed by atoms with Crippen LogP contribution in [0.25, 0.3) is 15.5 Å². The van der Waals surface area contributed by atoms with Crippen LogP contribution in [0.1, 0.15) is 32.2 Å². The number of hydrogen-bond donors (Lipinski definition) is 0. The van der Waals surface area contributed by atoms with Gasteiger partial charge in [0.05, 0.1) is 0 Å². The quantitative estimate of drug-likeness (QED) is 0.505. The van der Waals surface area contributed by atoms with Crippen LogP contribution in [0.2, 0.25) is 0 Å². The highest BCUT2D eigenvalue weighted by Gasteiger charge is 2.16. The second-order valence-electron chi connectivity index (χ2n) is 7.29. The molecule has 0 aliphatic rings. The highest BCUT2D eigenvalue weighted by molar-refractivity contribution is 7.19. The van der Waals surface area contributed by atoms with E-state index in [4.69, 9.17) is 4.74 Å². The maximum Gasteiger partial charge on any atom is 0.235 e. The molecule has 0 spiro atoms. The van der Waals surface area contributed by atoms with Crippen molar-refractivity contribution in [2.75, 3.05) is 0 Å². The monoisotopic (exact) mass is 382 g/mol. The van der Waals surface area contributed by atoms with E-state index in [1.54, 1.807) is 16.6 Å². The Morgan fingerprint density at radius 3 is 2.37 bits per heavy atom. The number of hydrogen-bond acceptors (Lipinski definition) is 5. The van der Waals surface area contributed by atoms with Gasteiger partial charge in [0.15, 0.2) is 5.82 Å². The number of aromatic nitrogens is 4. The van der Waals surface area contributed by atoms with E-state index in [0.717, 1.165) is 10.6 Å². The van der Waals surface area contributed by atoms with Gasteiger partial charge in [-0.15, -0.1) is 10.2 Å². The molecule has 7 heteroatoms. The molecule has 0 fully saturated rings. The van der Waals surface area contributed by atoms with Crippen molar-refractivity contribution in [1.29, 1.82) is 0 Å². The molecule has 4 aromatic rings. The van der Waals surface area contributed by atoms with Crippen molar-refractivity contribution in [1.82, 2.24) is 19.8 Å². The summed E-state index contributed by atoms with van der Waals surface area (Å²) < 4.78 is 20.3. The zero-order valence-electron chi connectivity index (χ0n) is 15.3. The summed E-state index contributed by atoms with van der Waals surface area (Å²) in [5.41, 5.74) is 2.44. The Kier molecular flexibility index (Phi) is 4.39. The number of nitrogens with zero attached hydrogens (tertiary/aromatic N) is 4. The Morgan fingerprint density at radius 1 is 1.00 bits per heavy atom. The second-order valence-corrected chi connectivity index (χ2v) is 8.24. The van der Waals surface area contributed by atoms with E-state index >= 15 is 0 Å². The van der Waals surface area contributed by atoms with Crippen molar-refractivity contribution in [3.8, 4) is 16.3 Å². The normalized spacial score (nSPS) is 11.9. The first-order valence-corrected chi connectivity index (χ1v) is 9.42.